The van der Waals surface area contributed by atoms with Crippen LogP contribution in [0.1, 0.15) is 393 Å². The molecule has 0 aliphatic heterocycles. The lowest BCUT2D eigenvalue weighted by molar-refractivity contribution is -0.143. The average molecular weight is 1110 g/mol. The third-order valence-electron chi connectivity index (χ3n) is 16.7. The monoisotopic (exact) mass is 1110 g/mol. The number of esters is 1. The van der Waals surface area contributed by atoms with Gasteiger partial charge in [0.15, 0.2) is 0 Å². The number of hydrogen-bond acceptors (Lipinski definition) is 5. The van der Waals surface area contributed by atoms with Crippen molar-refractivity contribution in [1.29, 1.82) is 0 Å². The Kier molecular flexibility index (Phi) is 66.9. The SMILES string of the molecule is CCCCCCCCCCCCCCCCCCCCCC/C=C/C(O)C(CO)NC(=O)CCCCCCCCC/C=C\C/C=C\CCCCCCCCCCCOC(=O)CCCCCCCCCCCCCCCCCCC. The minimum atomic E-state index is -0.853. The first-order chi connectivity index (χ1) is 39.0. The summed E-state index contributed by atoms with van der Waals surface area (Å²) in [7, 11) is 0. The number of aliphatic hydroxyl groups excluding tert-OH is 2. The summed E-state index contributed by atoms with van der Waals surface area (Å²) < 4.78 is 5.50. The molecule has 0 aliphatic carbocycles. The van der Waals surface area contributed by atoms with Crippen molar-refractivity contribution in [3.63, 3.8) is 0 Å². The van der Waals surface area contributed by atoms with Gasteiger partial charge in [0.25, 0.3) is 0 Å². The normalized spacial score (nSPS) is 12.7. The van der Waals surface area contributed by atoms with Crippen LogP contribution in [0.3, 0.4) is 0 Å². The number of ether oxygens (including phenoxy) is 1. The number of amides is 1. The van der Waals surface area contributed by atoms with Crippen molar-refractivity contribution in [2.45, 2.75) is 405 Å². The summed E-state index contributed by atoms with van der Waals surface area (Å²) in [6.45, 7) is 4.94. The molecule has 0 fully saturated rings. The molecule has 6 heteroatoms. The van der Waals surface area contributed by atoms with E-state index in [1.165, 1.54) is 308 Å². The van der Waals surface area contributed by atoms with Crippen molar-refractivity contribution < 1.29 is 24.5 Å². The zero-order valence-electron chi connectivity index (χ0n) is 53.4. The van der Waals surface area contributed by atoms with E-state index in [-0.39, 0.29) is 18.5 Å². The summed E-state index contributed by atoms with van der Waals surface area (Å²) in [5.41, 5.74) is 0. The molecule has 2 unspecified atom stereocenters. The van der Waals surface area contributed by atoms with E-state index < -0.39 is 12.1 Å². The molecule has 6 nitrogen and oxygen atoms in total. The van der Waals surface area contributed by atoms with Crippen LogP contribution in [0.25, 0.3) is 0 Å². The summed E-state index contributed by atoms with van der Waals surface area (Å²) in [5, 5.41) is 23.2. The Balaban J connectivity index is 3.46. The van der Waals surface area contributed by atoms with E-state index in [4.69, 9.17) is 4.74 Å². The third-order valence-corrected chi connectivity index (χ3v) is 16.7. The highest BCUT2D eigenvalue weighted by molar-refractivity contribution is 5.76. The topological polar surface area (TPSA) is 95.9 Å². The molecular formula is C73H139NO5. The molecule has 0 aliphatic rings. The number of aliphatic hydroxyl groups is 2. The van der Waals surface area contributed by atoms with Crippen LogP contribution in [0, 0.1) is 0 Å². The molecule has 1 amide bonds. The lowest BCUT2D eigenvalue weighted by Crippen LogP contribution is -2.45. The molecule has 466 valence electrons. The Bertz CT molecular complexity index is 1280. The van der Waals surface area contributed by atoms with Crippen molar-refractivity contribution in [3.8, 4) is 0 Å². The van der Waals surface area contributed by atoms with Gasteiger partial charge in [0.1, 0.15) is 0 Å². The van der Waals surface area contributed by atoms with Crippen LogP contribution in [0.5, 0.6) is 0 Å². The number of allylic oxidation sites excluding steroid dienone is 5. The van der Waals surface area contributed by atoms with E-state index in [9.17, 15) is 19.8 Å². The first-order valence-electron chi connectivity index (χ1n) is 35.8. The summed E-state index contributed by atoms with van der Waals surface area (Å²) in [6.07, 6.45) is 87.9. The van der Waals surface area contributed by atoms with Gasteiger partial charge in [-0.15, -0.1) is 0 Å². The van der Waals surface area contributed by atoms with E-state index >= 15 is 0 Å². The molecular weight excluding hydrogens is 971 g/mol. The van der Waals surface area contributed by atoms with Gasteiger partial charge in [-0.25, -0.2) is 0 Å². The van der Waals surface area contributed by atoms with Gasteiger partial charge in [0, 0.05) is 12.8 Å². The molecule has 2 atom stereocenters. The maximum Gasteiger partial charge on any atom is 0.305 e. The smallest absolute Gasteiger partial charge is 0.305 e. The molecule has 0 spiro atoms. The van der Waals surface area contributed by atoms with E-state index in [0.29, 0.717) is 19.4 Å². The molecule has 0 aromatic rings. The molecule has 0 saturated carbocycles. The first-order valence-corrected chi connectivity index (χ1v) is 35.8. The molecule has 3 N–H and O–H groups in total. The molecule has 0 saturated heterocycles. The predicted molar refractivity (Wildman–Crippen MR) is 347 cm³/mol. The number of carbonyl (C=O) groups is 2. The number of nitrogens with one attached hydrogen (secondary N) is 1. The molecule has 0 aromatic heterocycles. The second-order valence-electron chi connectivity index (χ2n) is 24.6. The fourth-order valence-electron chi connectivity index (χ4n) is 11.2. The number of rotatable bonds is 67. The molecule has 0 heterocycles. The fraction of sp³-hybridized carbons (Fsp3) is 0.890. The van der Waals surface area contributed by atoms with Gasteiger partial charge in [-0.1, -0.05) is 352 Å². The summed E-state index contributed by atoms with van der Waals surface area (Å²) in [4.78, 5) is 24.6. The standard InChI is InChI=1S/C73H139NO5/c1-3-5-7-9-11-13-15-17-19-21-22-23-27-30-34-37-41-45-49-53-57-61-65-71(76)70(69-75)74-72(77)66-62-58-54-50-46-42-38-35-31-28-25-24-26-29-32-36-40-44-48-52-56-60-64-68-79-73(78)67-63-59-55-51-47-43-39-33-20-18-16-14-12-10-8-6-4-2/h24,26,28,31,61,65,70-71,75-76H,3-23,25,27,29-30,32-60,62-64,66-69H2,1-2H3,(H,74,77)/b26-24-,31-28-,65-61+. The van der Waals surface area contributed by atoms with Crippen LogP contribution in [-0.2, 0) is 14.3 Å². The summed E-state index contributed by atoms with van der Waals surface area (Å²) in [5.74, 6) is -0.0637. The highest BCUT2D eigenvalue weighted by Crippen LogP contribution is 2.18. The van der Waals surface area contributed by atoms with E-state index in [0.717, 1.165) is 57.8 Å². The van der Waals surface area contributed by atoms with Gasteiger partial charge >= 0.3 is 5.97 Å². The second kappa shape index (κ2) is 68.6. The fourth-order valence-corrected chi connectivity index (χ4v) is 11.2. The van der Waals surface area contributed by atoms with Crippen molar-refractivity contribution in [1.82, 2.24) is 5.32 Å². The van der Waals surface area contributed by atoms with Crippen LogP contribution < -0.4 is 5.32 Å². The number of hydrogen-bond donors (Lipinski definition) is 3. The van der Waals surface area contributed by atoms with Gasteiger partial charge in [0.05, 0.1) is 25.4 Å². The lowest BCUT2D eigenvalue weighted by atomic mass is 10.0. The minimum absolute atomic E-state index is 0.0111. The van der Waals surface area contributed by atoms with Gasteiger partial charge in [0.2, 0.25) is 5.91 Å². The number of unbranched alkanes of at least 4 members (excludes halogenated alkanes) is 52. The highest BCUT2D eigenvalue weighted by Gasteiger charge is 2.18. The Hall–Kier alpha value is -1.92. The largest absolute Gasteiger partial charge is 0.466 e. The molecule has 0 aromatic carbocycles. The Labute approximate surface area is 494 Å². The maximum atomic E-state index is 12.5. The van der Waals surface area contributed by atoms with Crippen LogP contribution in [0.2, 0.25) is 0 Å². The van der Waals surface area contributed by atoms with E-state index in [1.54, 1.807) is 6.08 Å². The molecule has 0 radical (unpaired) electrons. The van der Waals surface area contributed by atoms with Crippen molar-refractivity contribution in [2.24, 2.45) is 0 Å². The van der Waals surface area contributed by atoms with Crippen LogP contribution >= 0.6 is 0 Å². The van der Waals surface area contributed by atoms with Gasteiger partial charge in [-0.05, 0) is 64.2 Å². The van der Waals surface area contributed by atoms with Crippen LogP contribution in [0.4, 0.5) is 0 Å². The predicted octanol–water partition coefficient (Wildman–Crippen LogP) is 23.1. The molecule has 79 heavy (non-hydrogen) atoms. The highest BCUT2D eigenvalue weighted by atomic mass is 16.5. The first kappa shape index (κ1) is 77.1. The third kappa shape index (κ3) is 65.1. The van der Waals surface area contributed by atoms with Gasteiger partial charge < -0.3 is 20.3 Å². The van der Waals surface area contributed by atoms with Crippen molar-refractivity contribution in [3.05, 3.63) is 36.5 Å². The van der Waals surface area contributed by atoms with Gasteiger partial charge in [-0.3, -0.25) is 9.59 Å². The van der Waals surface area contributed by atoms with Crippen LogP contribution in [0.15, 0.2) is 36.5 Å². The van der Waals surface area contributed by atoms with Crippen molar-refractivity contribution in [2.75, 3.05) is 13.2 Å². The summed E-state index contributed by atoms with van der Waals surface area (Å²) >= 11 is 0. The average Bonchev–Trinajstić information content (AvgIpc) is 3.45. The van der Waals surface area contributed by atoms with Crippen LogP contribution in [-0.4, -0.2) is 47.4 Å². The maximum absolute atomic E-state index is 12.5. The van der Waals surface area contributed by atoms with E-state index in [2.05, 4.69) is 43.5 Å². The Morgan fingerprint density at radius 2 is 0.633 bits per heavy atom. The minimum Gasteiger partial charge on any atom is -0.466 e. The van der Waals surface area contributed by atoms with E-state index in [1.807, 2.05) is 6.08 Å². The number of carbonyl (C=O) groups excluding carboxylic acids is 2. The molecule has 0 bridgehead atoms. The Morgan fingerprint density at radius 3 is 0.962 bits per heavy atom. The zero-order chi connectivity index (χ0) is 57.1. The van der Waals surface area contributed by atoms with Gasteiger partial charge in [-0.2, -0.15) is 0 Å². The lowest BCUT2D eigenvalue weighted by Gasteiger charge is -2.20. The summed E-state index contributed by atoms with van der Waals surface area (Å²) in [6, 6.07) is -0.637. The van der Waals surface area contributed by atoms with Crippen molar-refractivity contribution >= 4 is 11.9 Å². The molecule has 0 rings (SSSR count). The second-order valence-corrected chi connectivity index (χ2v) is 24.6. The quantitative estimate of drug-likeness (QED) is 0.0320. The Morgan fingerprint density at radius 1 is 0.354 bits per heavy atom. The zero-order valence-corrected chi connectivity index (χ0v) is 53.4.